The number of aromatic nitrogens is 2. The molecule has 1 aliphatic heterocycles. The number of rotatable bonds is 4. The van der Waals surface area contributed by atoms with Crippen molar-refractivity contribution in [3.63, 3.8) is 0 Å². The highest BCUT2D eigenvalue weighted by atomic mass is 19.4. The van der Waals surface area contributed by atoms with Crippen molar-refractivity contribution in [3.8, 4) is 0 Å². The van der Waals surface area contributed by atoms with E-state index in [2.05, 4.69) is 20.6 Å². The third-order valence-electron chi connectivity index (χ3n) is 5.44. The smallest absolute Gasteiger partial charge is 0.399 e. The summed E-state index contributed by atoms with van der Waals surface area (Å²) in [6.45, 7) is 2.18. The van der Waals surface area contributed by atoms with Gasteiger partial charge in [0.1, 0.15) is 5.82 Å². The summed E-state index contributed by atoms with van der Waals surface area (Å²) in [5.41, 5.74) is 3.38. The first kappa shape index (κ1) is 24.4. The van der Waals surface area contributed by atoms with Crippen molar-refractivity contribution in [1.82, 2.24) is 15.3 Å². The maximum absolute atomic E-state index is 13.3. The minimum Gasteiger partial charge on any atom is -0.399 e. The molecule has 1 fully saturated rings. The topological polar surface area (TPSA) is 96.2 Å². The summed E-state index contributed by atoms with van der Waals surface area (Å²) in [5, 5.41) is 5.75. The van der Waals surface area contributed by atoms with Crippen molar-refractivity contribution >= 4 is 40.0 Å². The van der Waals surface area contributed by atoms with Gasteiger partial charge in [-0.3, -0.25) is 4.79 Å². The molecule has 1 atom stereocenters. The largest absolute Gasteiger partial charge is 0.416 e. The summed E-state index contributed by atoms with van der Waals surface area (Å²) >= 11 is 0. The van der Waals surface area contributed by atoms with E-state index in [1.54, 1.807) is 4.90 Å². The number of fused-ring (bicyclic) bond motifs is 1. The molecule has 1 aromatic heterocycles. The van der Waals surface area contributed by atoms with Crippen LogP contribution >= 0.6 is 0 Å². The van der Waals surface area contributed by atoms with E-state index in [1.165, 1.54) is 19.1 Å². The summed E-state index contributed by atoms with van der Waals surface area (Å²) < 4.78 is 79.5. The number of hydrogen-bond acceptors (Lipinski definition) is 6. The lowest BCUT2D eigenvalue weighted by molar-refractivity contribution is -0.138. The van der Waals surface area contributed by atoms with Gasteiger partial charge in [0.05, 0.1) is 16.6 Å². The minimum absolute atomic E-state index is 0.0461. The van der Waals surface area contributed by atoms with Gasteiger partial charge in [-0.05, 0) is 42.8 Å². The van der Waals surface area contributed by atoms with Gasteiger partial charge in [0.15, 0.2) is 0 Å². The molecule has 0 radical (unpaired) electrons. The Labute approximate surface area is 195 Å². The molecule has 3 aromatic rings. The Morgan fingerprint density at radius 1 is 1.03 bits per heavy atom. The molecule has 13 heteroatoms. The first-order valence-electron chi connectivity index (χ1n) is 10.5. The molecule has 35 heavy (non-hydrogen) atoms. The van der Waals surface area contributed by atoms with Crippen LogP contribution in [0.25, 0.3) is 10.9 Å². The monoisotopic (exact) mass is 498 g/mol. The highest BCUT2D eigenvalue weighted by Crippen LogP contribution is 2.36. The van der Waals surface area contributed by atoms with E-state index >= 15 is 0 Å². The number of hydrogen-bond donors (Lipinski definition) is 3. The van der Waals surface area contributed by atoms with Crippen molar-refractivity contribution in [2.75, 3.05) is 29.0 Å². The number of nitrogens with zero attached hydrogens (tertiary/aromatic N) is 3. The van der Waals surface area contributed by atoms with Crippen LogP contribution in [0, 0.1) is 0 Å². The number of nitrogens with one attached hydrogen (secondary N) is 2. The number of halogens is 6. The highest BCUT2D eigenvalue weighted by molar-refractivity contribution is 5.91. The molecule has 1 saturated heterocycles. The molecular formula is C22H20F6N6O. The van der Waals surface area contributed by atoms with Gasteiger partial charge in [-0.15, -0.1) is 0 Å². The average Bonchev–Trinajstić information content (AvgIpc) is 3.18. The molecule has 4 rings (SSSR count). The molecule has 0 aliphatic carbocycles. The Hall–Kier alpha value is -3.77. The molecule has 2 heterocycles. The SMILES string of the molecule is CC(=O)N[C@H]1CCN(c2nc(Nc3cc(N)cc(C(F)(F)F)c3)nc3cc(C(F)(F)F)ccc23)C1. The van der Waals surface area contributed by atoms with Crippen LogP contribution in [0.5, 0.6) is 0 Å². The fourth-order valence-corrected chi connectivity index (χ4v) is 3.96. The molecule has 0 bridgehead atoms. The predicted molar refractivity (Wildman–Crippen MR) is 118 cm³/mol. The number of carbonyl (C=O) groups excluding carboxylic acids is 1. The fourth-order valence-electron chi connectivity index (χ4n) is 3.96. The van der Waals surface area contributed by atoms with Gasteiger partial charge in [-0.1, -0.05) is 0 Å². The van der Waals surface area contributed by atoms with Gasteiger partial charge in [0.2, 0.25) is 11.9 Å². The number of amides is 1. The second-order valence-corrected chi connectivity index (χ2v) is 8.20. The van der Waals surface area contributed by atoms with Crippen LogP contribution in [-0.2, 0) is 17.1 Å². The van der Waals surface area contributed by atoms with Crippen LogP contribution in [0.3, 0.4) is 0 Å². The first-order chi connectivity index (χ1) is 16.3. The number of benzene rings is 2. The standard InChI is InChI=1S/C22H20F6N6O/c1-11(35)30-15-4-5-34(10-15)19-17-3-2-12(21(23,24)25)8-18(17)32-20(33-19)31-16-7-13(22(26,27)28)6-14(29)9-16/h2-3,6-9,15H,4-5,10,29H2,1H3,(H,30,35)(H,31,32,33)/t15-/m0/s1. The van der Waals surface area contributed by atoms with Crippen molar-refractivity contribution in [2.45, 2.75) is 31.7 Å². The van der Waals surface area contributed by atoms with E-state index in [-0.39, 0.29) is 34.8 Å². The van der Waals surface area contributed by atoms with Crippen LogP contribution in [-0.4, -0.2) is 35.0 Å². The van der Waals surface area contributed by atoms with Gasteiger partial charge in [0.25, 0.3) is 0 Å². The molecule has 1 amide bonds. The molecule has 4 N–H and O–H groups in total. The van der Waals surface area contributed by atoms with Crippen LogP contribution in [0.4, 0.5) is 49.5 Å². The zero-order valence-electron chi connectivity index (χ0n) is 18.3. The average molecular weight is 498 g/mol. The summed E-state index contributed by atoms with van der Waals surface area (Å²) in [6, 6.07) is 5.64. The Bertz CT molecular complexity index is 1280. The number of nitrogens with two attached hydrogens (primary N) is 1. The number of alkyl halides is 6. The summed E-state index contributed by atoms with van der Waals surface area (Å²) in [5.74, 6) is -0.128. The lowest BCUT2D eigenvalue weighted by atomic mass is 10.1. The Morgan fingerprint density at radius 3 is 2.40 bits per heavy atom. The Kier molecular flexibility index (Phi) is 6.11. The van der Waals surface area contributed by atoms with Crippen molar-refractivity contribution in [3.05, 3.63) is 47.5 Å². The zero-order valence-corrected chi connectivity index (χ0v) is 18.3. The molecule has 0 spiro atoms. The van der Waals surface area contributed by atoms with Crippen LogP contribution in [0.15, 0.2) is 36.4 Å². The molecule has 2 aromatic carbocycles. The Morgan fingerprint density at radius 2 is 1.74 bits per heavy atom. The maximum Gasteiger partial charge on any atom is 0.416 e. The van der Waals surface area contributed by atoms with Gasteiger partial charge < -0.3 is 21.3 Å². The molecule has 0 unspecified atom stereocenters. The molecule has 7 nitrogen and oxygen atoms in total. The number of carbonyl (C=O) groups is 1. The molecule has 186 valence electrons. The lowest BCUT2D eigenvalue weighted by Crippen LogP contribution is -2.35. The summed E-state index contributed by atoms with van der Waals surface area (Å²) in [4.78, 5) is 21.7. The first-order valence-corrected chi connectivity index (χ1v) is 10.5. The van der Waals surface area contributed by atoms with E-state index in [0.717, 1.165) is 24.3 Å². The number of nitrogen functional groups attached to an aromatic ring is 1. The summed E-state index contributed by atoms with van der Waals surface area (Å²) in [6.07, 6.45) is -8.69. The third-order valence-corrected chi connectivity index (χ3v) is 5.44. The fraction of sp³-hybridized carbons (Fsp3) is 0.318. The van der Waals surface area contributed by atoms with Gasteiger partial charge in [0, 0.05) is 42.8 Å². The van der Waals surface area contributed by atoms with Gasteiger partial charge in [-0.25, -0.2) is 4.98 Å². The second-order valence-electron chi connectivity index (χ2n) is 8.20. The van der Waals surface area contributed by atoms with Crippen LogP contribution < -0.4 is 21.3 Å². The van der Waals surface area contributed by atoms with E-state index in [4.69, 9.17) is 5.73 Å². The van der Waals surface area contributed by atoms with Gasteiger partial charge in [-0.2, -0.15) is 31.3 Å². The third kappa shape index (κ3) is 5.49. The zero-order chi connectivity index (χ0) is 25.5. The predicted octanol–water partition coefficient (Wildman–Crippen LogP) is 4.71. The van der Waals surface area contributed by atoms with Crippen LogP contribution in [0.2, 0.25) is 0 Å². The molecule has 0 saturated carbocycles. The molecule has 1 aliphatic rings. The van der Waals surface area contributed by atoms with E-state index < -0.39 is 23.5 Å². The van der Waals surface area contributed by atoms with E-state index in [0.29, 0.717) is 30.7 Å². The van der Waals surface area contributed by atoms with E-state index in [9.17, 15) is 31.1 Å². The number of anilines is 4. The minimum atomic E-state index is -4.66. The summed E-state index contributed by atoms with van der Waals surface area (Å²) in [7, 11) is 0. The Balaban J connectivity index is 1.78. The van der Waals surface area contributed by atoms with Crippen molar-refractivity contribution in [1.29, 1.82) is 0 Å². The van der Waals surface area contributed by atoms with Crippen molar-refractivity contribution < 1.29 is 31.1 Å². The molecular weight excluding hydrogens is 478 g/mol. The highest BCUT2D eigenvalue weighted by Gasteiger charge is 2.33. The quantitative estimate of drug-likeness (QED) is 0.356. The second kappa shape index (κ2) is 8.78. The van der Waals surface area contributed by atoms with E-state index in [1.807, 2.05) is 0 Å². The lowest BCUT2D eigenvalue weighted by Gasteiger charge is -2.21. The van der Waals surface area contributed by atoms with Crippen molar-refractivity contribution in [2.24, 2.45) is 0 Å². The normalized spacial score (nSPS) is 16.5. The maximum atomic E-state index is 13.3. The van der Waals surface area contributed by atoms with Crippen LogP contribution in [0.1, 0.15) is 24.5 Å². The van der Waals surface area contributed by atoms with Gasteiger partial charge >= 0.3 is 12.4 Å².